The molecule has 0 heterocycles. The van der Waals surface area contributed by atoms with E-state index in [2.05, 4.69) is 24.1 Å². The van der Waals surface area contributed by atoms with Crippen LogP contribution in [0.25, 0.3) is 0 Å². The quantitative estimate of drug-likeness (QED) is 0.445. The van der Waals surface area contributed by atoms with E-state index in [4.69, 9.17) is 17.3 Å². The summed E-state index contributed by atoms with van der Waals surface area (Å²) in [5.41, 5.74) is 6.81. The fourth-order valence-electron chi connectivity index (χ4n) is 3.22. The van der Waals surface area contributed by atoms with Gasteiger partial charge in [0, 0.05) is 34.9 Å². The number of carbonyl (C=O) groups excluding carboxylic acids is 3. The lowest BCUT2D eigenvalue weighted by molar-refractivity contribution is -0.128. The number of hydrogen-bond donors (Lipinski definition) is 2. The number of halogens is 3. The standard InChI is InChI=1S/C23H29ClN4O3.2ClH/c1-3-27(4-2)12-13-28(16-22(30)26-21(29)15-25)20-11-10-18(24)14-19(20)23(31)17-8-6-5-7-9-17;;/h5-11,14H,3-4,12-13,15-16,25H2,1-2H3,(H,26,29,30);2*1H. The predicted molar refractivity (Wildman–Crippen MR) is 138 cm³/mol. The lowest BCUT2D eigenvalue weighted by atomic mass is 10.0. The van der Waals surface area contributed by atoms with E-state index in [1.807, 2.05) is 6.07 Å². The van der Waals surface area contributed by atoms with Crippen LogP contribution in [0.4, 0.5) is 5.69 Å². The third kappa shape index (κ3) is 9.31. The second-order valence-corrected chi connectivity index (χ2v) is 7.42. The maximum atomic E-state index is 13.2. The molecule has 0 aliphatic rings. The molecule has 2 rings (SSSR count). The number of hydrogen-bond acceptors (Lipinski definition) is 6. The molecule has 0 aromatic heterocycles. The van der Waals surface area contributed by atoms with Crippen LogP contribution in [0.3, 0.4) is 0 Å². The Morgan fingerprint density at radius 3 is 2.15 bits per heavy atom. The molecule has 2 amide bonds. The van der Waals surface area contributed by atoms with Gasteiger partial charge in [-0.3, -0.25) is 19.7 Å². The van der Waals surface area contributed by atoms with Gasteiger partial charge < -0.3 is 15.5 Å². The molecule has 0 bridgehead atoms. The van der Waals surface area contributed by atoms with Crippen LogP contribution in [0.2, 0.25) is 5.02 Å². The number of nitrogens with one attached hydrogen (secondary N) is 1. The van der Waals surface area contributed by atoms with Crippen molar-refractivity contribution >= 4 is 59.7 Å². The van der Waals surface area contributed by atoms with Crippen molar-refractivity contribution in [1.29, 1.82) is 0 Å². The van der Waals surface area contributed by atoms with E-state index < -0.39 is 11.8 Å². The van der Waals surface area contributed by atoms with E-state index in [0.29, 0.717) is 34.9 Å². The van der Waals surface area contributed by atoms with Crippen LogP contribution in [0.5, 0.6) is 0 Å². The van der Waals surface area contributed by atoms with Crippen molar-refractivity contribution in [1.82, 2.24) is 10.2 Å². The Hall–Kier alpha value is -2.16. The molecular formula is C23H31Cl3N4O3. The summed E-state index contributed by atoms with van der Waals surface area (Å²) >= 11 is 6.20. The van der Waals surface area contributed by atoms with E-state index in [9.17, 15) is 14.4 Å². The van der Waals surface area contributed by atoms with E-state index in [-0.39, 0.29) is 43.7 Å². The zero-order chi connectivity index (χ0) is 22.8. The second kappa shape index (κ2) is 15.6. The topological polar surface area (TPSA) is 95.7 Å². The van der Waals surface area contributed by atoms with Crippen LogP contribution in [-0.2, 0) is 9.59 Å². The first-order chi connectivity index (χ1) is 14.9. The number of anilines is 1. The Kier molecular flexibility index (Phi) is 14.6. The van der Waals surface area contributed by atoms with Gasteiger partial charge in [0.15, 0.2) is 5.78 Å². The van der Waals surface area contributed by atoms with Crippen molar-refractivity contribution in [2.75, 3.05) is 44.2 Å². The molecule has 10 heteroatoms. The molecule has 3 N–H and O–H groups in total. The smallest absolute Gasteiger partial charge is 0.246 e. The SMILES string of the molecule is CCN(CC)CCN(CC(=O)NC(=O)CN)c1ccc(Cl)cc1C(=O)c1ccccc1.Cl.Cl. The maximum absolute atomic E-state index is 13.2. The lowest BCUT2D eigenvalue weighted by Crippen LogP contribution is -2.45. The maximum Gasteiger partial charge on any atom is 0.246 e. The largest absolute Gasteiger partial charge is 0.360 e. The minimum absolute atomic E-state index is 0. The van der Waals surface area contributed by atoms with Crippen molar-refractivity contribution in [3.05, 3.63) is 64.7 Å². The predicted octanol–water partition coefficient (Wildman–Crippen LogP) is 3.16. The van der Waals surface area contributed by atoms with Crippen molar-refractivity contribution in [3.8, 4) is 0 Å². The first kappa shape index (κ1) is 30.8. The van der Waals surface area contributed by atoms with Gasteiger partial charge in [0.1, 0.15) is 0 Å². The fourth-order valence-corrected chi connectivity index (χ4v) is 3.39. The normalized spacial score (nSPS) is 10.1. The first-order valence-corrected chi connectivity index (χ1v) is 10.7. The summed E-state index contributed by atoms with van der Waals surface area (Å²) in [6, 6.07) is 13.9. The van der Waals surface area contributed by atoms with Crippen LogP contribution < -0.4 is 16.0 Å². The molecule has 2 aromatic rings. The summed E-state index contributed by atoms with van der Waals surface area (Å²) in [6.07, 6.45) is 0. The van der Waals surface area contributed by atoms with Gasteiger partial charge >= 0.3 is 0 Å². The molecule has 7 nitrogen and oxygen atoms in total. The van der Waals surface area contributed by atoms with Gasteiger partial charge in [0.2, 0.25) is 11.8 Å². The van der Waals surface area contributed by atoms with Crippen LogP contribution in [0.15, 0.2) is 48.5 Å². The minimum atomic E-state index is -0.551. The monoisotopic (exact) mass is 516 g/mol. The van der Waals surface area contributed by atoms with Gasteiger partial charge in [0.25, 0.3) is 0 Å². The van der Waals surface area contributed by atoms with Crippen LogP contribution in [0, 0.1) is 0 Å². The van der Waals surface area contributed by atoms with Crippen molar-refractivity contribution in [2.24, 2.45) is 5.73 Å². The Balaban J connectivity index is 0.00000512. The number of likely N-dealkylation sites (N-methyl/N-ethyl adjacent to an activating group) is 1. The highest BCUT2D eigenvalue weighted by molar-refractivity contribution is 6.31. The summed E-state index contributed by atoms with van der Waals surface area (Å²) in [6.45, 7) is 6.65. The van der Waals surface area contributed by atoms with Crippen LogP contribution in [0.1, 0.15) is 29.8 Å². The molecule has 0 spiro atoms. The van der Waals surface area contributed by atoms with E-state index in [1.165, 1.54) is 0 Å². The molecule has 0 aliphatic carbocycles. The average Bonchev–Trinajstić information content (AvgIpc) is 2.78. The Morgan fingerprint density at radius 1 is 0.939 bits per heavy atom. The van der Waals surface area contributed by atoms with E-state index in [1.54, 1.807) is 47.4 Å². The van der Waals surface area contributed by atoms with Gasteiger partial charge in [-0.05, 0) is 31.3 Å². The molecule has 182 valence electrons. The molecule has 0 saturated carbocycles. The molecule has 0 unspecified atom stereocenters. The first-order valence-electron chi connectivity index (χ1n) is 10.3. The fraction of sp³-hybridized carbons (Fsp3) is 0.348. The van der Waals surface area contributed by atoms with Crippen molar-refractivity contribution in [2.45, 2.75) is 13.8 Å². The van der Waals surface area contributed by atoms with Gasteiger partial charge in [-0.1, -0.05) is 55.8 Å². The molecule has 0 saturated heterocycles. The van der Waals surface area contributed by atoms with Crippen molar-refractivity contribution in [3.63, 3.8) is 0 Å². The van der Waals surface area contributed by atoms with Gasteiger partial charge in [-0.15, -0.1) is 24.8 Å². The highest BCUT2D eigenvalue weighted by Gasteiger charge is 2.21. The summed E-state index contributed by atoms with van der Waals surface area (Å²) in [5, 5.41) is 2.69. The number of carbonyl (C=O) groups is 3. The number of nitrogens with zero attached hydrogens (tertiary/aromatic N) is 2. The highest BCUT2D eigenvalue weighted by atomic mass is 35.5. The zero-order valence-corrected chi connectivity index (χ0v) is 21.1. The zero-order valence-electron chi connectivity index (χ0n) is 18.8. The third-order valence-electron chi connectivity index (χ3n) is 4.96. The molecule has 33 heavy (non-hydrogen) atoms. The van der Waals surface area contributed by atoms with E-state index in [0.717, 1.165) is 13.1 Å². The molecule has 2 aromatic carbocycles. The second-order valence-electron chi connectivity index (χ2n) is 6.98. The van der Waals surface area contributed by atoms with Crippen molar-refractivity contribution < 1.29 is 14.4 Å². The van der Waals surface area contributed by atoms with Crippen LogP contribution in [-0.4, -0.2) is 61.8 Å². The van der Waals surface area contributed by atoms with Gasteiger partial charge in [-0.25, -0.2) is 0 Å². The summed E-state index contributed by atoms with van der Waals surface area (Å²) < 4.78 is 0. The Labute approximate surface area is 212 Å². The van der Waals surface area contributed by atoms with Gasteiger partial charge in [0.05, 0.1) is 13.1 Å². The van der Waals surface area contributed by atoms with E-state index >= 15 is 0 Å². The molecular weight excluding hydrogens is 487 g/mol. The Bertz CT molecular complexity index is 909. The summed E-state index contributed by atoms with van der Waals surface area (Å²) in [5.74, 6) is -1.22. The molecule has 0 fully saturated rings. The average molecular weight is 518 g/mol. The summed E-state index contributed by atoms with van der Waals surface area (Å²) in [4.78, 5) is 41.2. The Morgan fingerprint density at radius 2 is 1.58 bits per heavy atom. The molecule has 0 radical (unpaired) electrons. The number of nitrogens with two attached hydrogens (primary N) is 1. The number of amides is 2. The summed E-state index contributed by atoms with van der Waals surface area (Å²) in [7, 11) is 0. The lowest BCUT2D eigenvalue weighted by Gasteiger charge is -2.29. The highest BCUT2D eigenvalue weighted by Crippen LogP contribution is 2.27. The molecule has 0 aliphatic heterocycles. The van der Waals surface area contributed by atoms with Gasteiger partial charge in [-0.2, -0.15) is 0 Å². The number of benzene rings is 2. The number of ketones is 1. The van der Waals surface area contributed by atoms with Crippen LogP contribution >= 0.6 is 36.4 Å². The number of imide groups is 1. The number of rotatable bonds is 11. The minimum Gasteiger partial charge on any atom is -0.360 e. The molecule has 0 atom stereocenters. The third-order valence-corrected chi connectivity index (χ3v) is 5.19.